The molecule has 126 valence electrons. The van der Waals surface area contributed by atoms with E-state index in [1.165, 1.54) is 0 Å². The van der Waals surface area contributed by atoms with Crippen molar-refractivity contribution in [1.29, 1.82) is 0 Å². The third-order valence-corrected chi connectivity index (χ3v) is 5.15. The van der Waals surface area contributed by atoms with Crippen molar-refractivity contribution in [3.05, 3.63) is 53.0 Å². The molecule has 5 heteroatoms. The van der Waals surface area contributed by atoms with Crippen LogP contribution in [-0.2, 0) is 6.54 Å². The fraction of sp³-hybridized carbons (Fsp3) is 0.316. The van der Waals surface area contributed by atoms with Gasteiger partial charge in [0.2, 0.25) is 0 Å². The quantitative estimate of drug-likeness (QED) is 0.671. The van der Waals surface area contributed by atoms with E-state index in [2.05, 4.69) is 16.0 Å². The molecule has 0 bridgehead atoms. The minimum absolute atomic E-state index is 0.0944. The van der Waals surface area contributed by atoms with Gasteiger partial charge in [-0.3, -0.25) is 4.79 Å². The minimum Gasteiger partial charge on any atom is -0.497 e. The van der Waals surface area contributed by atoms with E-state index in [0.29, 0.717) is 6.54 Å². The van der Waals surface area contributed by atoms with Crippen molar-refractivity contribution < 1.29 is 9.53 Å². The Morgan fingerprint density at radius 3 is 2.50 bits per heavy atom. The van der Waals surface area contributed by atoms with Gasteiger partial charge in [-0.15, -0.1) is 11.3 Å². The SMILES string of the molecule is CCN(CC)C(=O)c1cc2sccc2n1Cc1ccc(OC)cc1. The van der Waals surface area contributed by atoms with Crippen molar-refractivity contribution in [2.24, 2.45) is 0 Å². The number of thiophene rings is 1. The average Bonchev–Trinajstić information content (AvgIpc) is 3.19. The number of carbonyl (C=O) groups excluding carboxylic acids is 1. The van der Waals surface area contributed by atoms with E-state index in [9.17, 15) is 4.79 Å². The first-order chi connectivity index (χ1) is 11.7. The molecule has 1 aromatic carbocycles. The molecule has 0 unspecified atom stereocenters. The van der Waals surface area contributed by atoms with Crippen LogP contribution in [0.25, 0.3) is 10.2 Å². The van der Waals surface area contributed by atoms with E-state index in [4.69, 9.17) is 4.74 Å². The number of ether oxygens (including phenoxy) is 1. The maximum atomic E-state index is 12.9. The molecule has 2 heterocycles. The van der Waals surface area contributed by atoms with Gasteiger partial charge in [0.25, 0.3) is 5.91 Å². The second-order valence-electron chi connectivity index (χ2n) is 5.61. The fourth-order valence-electron chi connectivity index (χ4n) is 2.91. The highest BCUT2D eigenvalue weighted by Crippen LogP contribution is 2.27. The summed E-state index contributed by atoms with van der Waals surface area (Å²) in [4.78, 5) is 14.7. The number of carbonyl (C=O) groups is 1. The number of fused-ring (bicyclic) bond motifs is 1. The van der Waals surface area contributed by atoms with Gasteiger partial charge in [0, 0.05) is 19.6 Å². The number of amides is 1. The lowest BCUT2D eigenvalue weighted by Gasteiger charge is -2.20. The number of methoxy groups -OCH3 is 1. The Kier molecular flexibility index (Phi) is 4.90. The first kappa shape index (κ1) is 16.6. The van der Waals surface area contributed by atoms with E-state index in [-0.39, 0.29) is 5.91 Å². The van der Waals surface area contributed by atoms with Gasteiger partial charge >= 0.3 is 0 Å². The van der Waals surface area contributed by atoms with Crippen molar-refractivity contribution in [3.8, 4) is 5.75 Å². The molecule has 0 aliphatic rings. The summed E-state index contributed by atoms with van der Waals surface area (Å²) < 4.78 is 8.49. The van der Waals surface area contributed by atoms with Crippen molar-refractivity contribution in [1.82, 2.24) is 9.47 Å². The molecule has 3 rings (SSSR count). The largest absolute Gasteiger partial charge is 0.497 e. The molecule has 24 heavy (non-hydrogen) atoms. The van der Waals surface area contributed by atoms with Crippen LogP contribution in [0.5, 0.6) is 5.75 Å². The zero-order valence-corrected chi connectivity index (χ0v) is 15.1. The molecule has 0 spiro atoms. The van der Waals surface area contributed by atoms with Crippen LogP contribution in [-0.4, -0.2) is 35.6 Å². The first-order valence-corrected chi connectivity index (χ1v) is 9.04. The lowest BCUT2D eigenvalue weighted by molar-refractivity contribution is 0.0763. The predicted molar refractivity (Wildman–Crippen MR) is 99.2 cm³/mol. The van der Waals surface area contributed by atoms with Gasteiger partial charge in [0.1, 0.15) is 11.4 Å². The summed E-state index contributed by atoms with van der Waals surface area (Å²) in [6.07, 6.45) is 0. The highest BCUT2D eigenvalue weighted by atomic mass is 32.1. The molecule has 4 nitrogen and oxygen atoms in total. The summed E-state index contributed by atoms with van der Waals surface area (Å²) in [6.45, 7) is 6.14. The molecule has 3 aromatic rings. The Morgan fingerprint density at radius 2 is 1.88 bits per heavy atom. The Balaban J connectivity index is 1.99. The third kappa shape index (κ3) is 3.04. The lowest BCUT2D eigenvalue weighted by Crippen LogP contribution is -2.32. The van der Waals surface area contributed by atoms with Gasteiger partial charge < -0.3 is 14.2 Å². The Morgan fingerprint density at radius 1 is 1.17 bits per heavy atom. The molecule has 0 fully saturated rings. The zero-order valence-electron chi connectivity index (χ0n) is 14.3. The monoisotopic (exact) mass is 342 g/mol. The van der Waals surface area contributed by atoms with Gasteiger partial charge in [-0.25, -0.2) is 0 Å². The molecule has 1 amide bonds. The molecular formula is C19H22N2O2S. The third-order valence-electron chi connectivity index (χ3n) is 4.29. The lowest BCUT2D eigenvalue weighted by atomic mass is 10.2. The highest BCUT2D eigenvalue weighted by molar-refractivity contribution is 7.17. The second-order valence-corrected chi connectivity index (χ2v) is 6.56. The summed E-state index contributed by atoms with van der Waals surface area (Å²) in [5.41, 5.74) is 3.02. The summed E-state index contributed by atoms with van der Waals surface area (Å²) in [6, 6.07) is 12.1. The average molecular weight is 342 g/mol. The van der Waals surface area contributed by atoms with E-state index >= 15 is 0 Å². The van der Waals surface area contributed by atoms with Gasteiger partial charge in [-0.05, 0) is 49.1 Å². The number of aromatic nitrogens is 1. The Bertz CT molecular complexity index is 829. The van der Waals surface area contributed by atoms with Crippen LogP contribution in [0.1, 0.15) is 29.9 Å². The van der Waals surface area contributed by atoms with Crippen LogP contribution >= 0.6 is 11.3 Å². The van der Waals surface area contributed by atoms with Crippen molar-refractivity contribution in [2.75, 3.05) is 20.2 Å². The molecule has 0 atom stereocenters. The molecule has 0 aliphatic carbocycles. The predicted octanol–water partition coefficient (Wildman–Crippen LogP) is 4.24. The van der Waals surface area contributed by atoms with Crippen molar-refractivity contribution in [2.45, 2.75) is 20.4 Å². The Labute approximate surface area is 146 Å². The van der Waals surface area contributed by atoms with Gasteiger partial charge in [0.15, 0.2) is 0 Å². The van der Waals surface area contributed by atoms with E-state index in [0.717, 1.165) is 40.3 Å². The number of hydrogen-bond donors (Lipinski definition) is 0. The van der Waals surface area contributed by atoms with Crippen LogP contribution in [0.3, 0.4) is 0 Å². The number of benzene rings is 1. The molecular weight excluding hydrogens is 320 g/mol. The fourth-order valence-corrected chi connectivity index (χ4v) is 3.73. The minimum atomic E-state index is 0.0944. The van der Waals surface area contributed by atoms with Crippen LogP contribution < -0.4 is 4.74 Å². The van der Waals surface area contributed by atoms with Crippen molar-refractivity contribution >= 4 is 27.5 Å². The van der Waals surface area contributed by atoms with Crippen LogP contribution in [0.2, 0.25) is 0 Å². The van der Waals surface area contributed by atoms with E-state index < -0.39 is 0 Å². The number of nitrogens with zero attached hydrogens (tertiary/aromatic N) is 2. The van der Waals surface area contributed by atoms with Crippen molar-refractivity contribution in [3.63, 3.8) is 0 Å². The molecule has 2 aromatic heterocycles. The standard InChI is InChI=1S/C19H22N2O2S/c1-4-20(5-2)19(22)17-12-18-16(10-11-24-18)21(17)13-14-6-8-15(23-3)9-7-14/h6-12H,4-5,13H2,1-3H3. The van der Waals surface area contributed by atoms with Gasteiger partial charge in [-0.2, -0.15) is 0 Å². The van der Waals surface area contributed by atoms with Crippen LogP contribution in [0.4, 0.5) is 0 Å². The molecule has 0 saturated carbocycles. The molecule has 0 N–H and O–H groups in total. The van der Waals surface area contributed by atoms with Gasteiger partial charge in [0.05, 0.1) is 17.3 Å². The topological polar surface area (TPSA) is 34.5 Å². The molecule has 0 saturated heterocycles. The molecule has 0 aliphatic heterocycles. The maximum absolute atomic E-state index is 12.9. The summed E-state index contributed by atoms with van der Waals surface area (Å²) in [5, 5.41) is 2.07. The van der Waals surface area contributed by atoms with Crippen LogP contribution in [0, 0.1) is 0 Å². The van der Waals surface area contributed by atoms with E-state index in [1.54, 1.807) is 18.4 Å². The van der Waals surface area contributed by atoms with Crippen LogP contribution in [0.15, 0.2) is 41.8 Å². The summed E-state index contributed by atoms with van der Waals surface area (Å²) >= 11 is 1.67. The zero-order chi connectivity index (χ0) is 17.1. The van der Waals surface area contributed by atoms with E-state index in [1.807, 2.05) is 49.1 Å². The number of rotatable bonds is 6. The van der Waals surface area contributed by atoms with Gasteiger partial charge in [-0.1, -0.05) is 12.1 Å². The Hall–Kier alpha value is -2.27. The normalized spacial score (nSPS) is 11.0. The maximum Gasteiger partial charge on any atom is 0.270 e. The molecule has 0 radical (unpaired) electrons. The summed E-state index contributed by atoms with van der Waals surface area (Å²) in [7, 11) is 1.66. The second kappa shape index (κ2) is 7.09. The smallest absolute Gasteiger partial charge is 0.270 e. The summed E-state index contributed by atoms with van der Waals surface area (Å²) in [5.74, 6) is 0.934. The number of hydrogen-bond acceptors (Lipinski definition) is 3. The first-order valence-electron chi connectivity index (χ1n) is 8.16. The highest BCUT2D eigenvalue weighted by Gasteiger charge is 2.20.